The average Bonchev–Trinajstić information content (AvgIpc) is 2.68. The SMILES string of the molecule is COC(=O)c1ccc(/C=C/C(=O)OC(C)C(=O)Nc2cc(Cl)ccc2Cl)cc1. The molecule has 0 saturated carbocycles. The summed E-state index contributed by atoms with van der Waals surface area (Å²) in [5.41, 5.74) is 1.39. The maximum Gasteiger partial charge on any atom is 0.337 e. The summed E-state index contributed by atoms with van der Waals surface area (Å²) in [4.78, 5) is 35.5. The first-order valence-electron chi connectivity index (χ1n) is 8.13. The third kappa shape index (κ3) is 6.11. The Balaban J connectivity index is 1.92. The number of amides is 1. The fourth-order valence-electron chi connectivity index (χ4n) is 2.11. The second-order valence-corrected chi connectivity index (χ2v) is 6.48. The number of methoxy groups -OCH3 is 1. The van der Waals surface area contributed by atoms with Gasteiger partial charge >= 0.3 is 11.9 Å². The van der Waals surface area contributed by atoms with Crippen LogP contribution in [0.5, 0.6) is 0 Å². The van der Waals surface area contributed by atoms with Gasteiger partial charge in [0, 0.05) is 11.1 Å². The van der Waals surface area contributed by atoms with E-state index in [9.17, 15) is 14.4 Å². The molecule has 2 rings (SSSR count). The van der Waals surface area contributed by atoms with E-state index in [0.717, 1.165) is 0 Å². The zero-order chi connectivity index (χ0) is 20.7. The Hall–Kier alpha value is -2.83. The lowest BCUT2D eigenvalue weighted by atomic mass is 10.1. The standard InChI is InChI=1S/C20H17Cl2NO5/c1-12(19(25)23-17-11-15(21)8-9-16(17)22)28-18(24)10-5-13-3-6-14(7-4-13)20(26)27-2/h3-12H,1-2H3,(H,23,25)/b10-5+. The van der Waals surface area contributed by atoms with Gasteiger partial charge < -0.3 is 14.8 Å². The molecule has 0 aliphatic heterocycles. The van der Waals surface area contributed by atoms with Crippen LogP contribution in [0.3, 0.4) is 0 Å². The molecular formula is C20H17Cl2NO5. The number of hydrogen-bond donors (Lipinski definition) is 1. The van der Waals surface area contributed by atoms with Crippen molar-refractivity contribution in [2.75, 3.05) is 12.4 Å². The fourth-order valence-corrected chi connectivity index (χ4v) is 2.44. The van der Waals surface area contributed by atoms with E-state index >= 15 is 0 Å². The highest BCUT2D eigenvalue weighted by atomic mass is 35.5. The average molecular weight is 422 g/mol. The molecule has 0 aliphatic carbocycles. The summed E-state index contributed by atoms with van der Waals surface area (Å²) in [6.45, 7) is 1.44. The van der Waals surface area contributed by atoms with Gasteiger partial charge in [-0.05, 0) is 48.9 Å². The highest BCUT2D eigenvalue weighted by Crippen LogP contribution is 2.25. The van der Waals surface area contributed by atoms with Crippen molar-refractivity contribution in [3.8, 4) is 0 Å². The van der Waals surface area contributed by atoms with Gasteiger partial charge in [0.2, 0.25) is 0 Å². The molecule has 0 spiro atoms. The molecule has 0 aromatic heterocycles. The van der Waals surface area contributed by atoms with Crippen LogP contribution in [0.15, 0.2) is 48.5 Å². The number of benzene rings is 2. The van der Waals surface area contributed by atoms with Crippen LogP contribution in [0.2, 0.25) is 10.0 Å². The van der Waals surface area contributed by atoms with E-state index in [2.05, 4.69) is 10.1 Å². The van der Waals surface area contributed by atoms with Crippen molar-refractivity contribution in [2.45, 2.75) is 13.0 Å². The molecule has 1 unspecified atom stereocenters. The summed E-state index contributed by atoms with van der Waals surface area (Å²) in [6.07, 6.45) is 1.64. The minimum absolute atomic E-state index is 0.312. The minimum Gasteiger partial charge on any atom is -0.465 e. The van der Waals surface area contributed by atoms with Gasteiger partial charge in [0.1, 0.15) is 0 Å². The first kappa shape index (κ1) is 21.5. The lowest BCUT2D eigenvalue weighted by molar-refractivity contribution is -0.148. The predicted molar refractivity (Wildman–Crippen MR) is 107 cm³/mol. The van der Waals surface area contributed by atoms with Crippen LogP contribution in [0, 0.1) is 0 Å². The molecule has 146 valence electrons. The maximum atomic E-state index is 12.2. The Morgan fingerprint density at radius 1 is 1.07 bits per heavy atom. The van der Waals surface area contributed by atoms with E-state index < -0.39 is 23.9 Å². The zero-order valence-electron chi connectivity index (χ0n) is 15.1. The molecule has 0 heterocycles. The predicted octanol–water partition coefficient (Wildman–Crippen LogP) is 4.36. The van der Waals surface area contributed by atoms with Crippen LogP contribution in [-0.4, -0.2) is 31.1 Å². The van der Waals surface area contributed by atoms with Crippen LogP contribution >= 0.6 is 23.2 Å². The van der Waals surface area contributed by atoms with Crippen LogP contribution in [0.25, 0.3) is 6.08 Å². The lowest BCUT2D eigenvalue weighted by Crippen LogP contribution is -2.29. The molecule has 1 amide bonds. The quantitative estimate of drug-likeness (QED) is 0.553. The second-order valence-electron chi connectivity index (χ2n) is 5.64. The topological polar surface area (TPSA) is 81.7 Å². The summed E-state index contributed by atoms with van der Waals surface area (Å²) in [5.74, 6) is -1.69. The first-order valence-corrected chi connectivity index (χ1v) is 8.88. The molecule has 6 nitrogen and oxygen atoms in total. The van der Waals surface area contributed by atoms with E-state index in [-0.39, 0.29) is 0 Å². The molecule has 0 bridgehead atoms. The smallest absolute Gasteiger partial charge is 0.337 e. The number of carbonyl (C=O) groups is 3. The molecule has 0 fully saturated rings. The number of esters is 2. The summed E-state index contributed by atoms with van der Waals surface area (Å²) >= 11 is 11.9. The second kappa shape index (κ2) is 9.92. The van der Waals surface area contributed by atoms with Crippen molar-refractivity contribution in [2.24, 2.45) is 0 Å². The highest BCUT2D eigenvalue weighted by Gasteiger charge is 2.18. The number of anilines is 1. The molecule has 2 aromatic rings. The summed E-state index contributed by atoms with van der Waals surface area (Å²) in [6, 6.07) is 11.1. The lowest BCUT2D eigenvalue weighted by Gasteiger charge is -2.13. The molecule has 8 heteroatoms. The van der Waals surface area contributed by atoms with Gasteiger partial charge in [-0.3, -0.25) is 4.79 Å². The van der Waals surface area contributed by atoms with Crippen molar-refractivity contribution in [3.05, 3.63) is 69.7 Å². The first-order chi connectivity index (χ1) is 13.3. The minimum atomic E-state index is -1.05. The van der Waals surface area contributed by atoms with Crippen molar-refractivity contribution in [1.29, 1.82) is 0 Å². The Kier molecular flexibility index (Phi) is 7.61. The van der Waals surface area contributed by atoms with Crippen molar-refractivity contribution in [1.82, 2.24) is 0 Å². The Morgan fingerprint density at radius 2 is 1.75 bits per heavy atom. The Bertz CT molecular complexity index is 909. The van der Waals surface area contributed by atoms with Gasteiger partial charge in [-0.1, -0.05) is 35.3 Å². The van der Waals surface area contributed by atoms with Gasteiger partial charge in [0.25, 0.3) is 5.91 Å². The highest BCUT2D eigenvalue weighted by molar-refractivity contribution is 6.35. The molecule has 2 aromatic carbocycles. The molecule has 0 saturated heterocycles. The van der Waals surface area contributed by atoms with Gasteiger partial charge in [0.15, 0.2) is 6.10 Å². The number of ether oxygens (including phenoxy) is 2. The van der Waals surface area contributed by atoms with Crippen molar-refractivity contribution in [3.63, 3.8) is 0 Å². The molecule has 0 aliphatic rings. The molecule has 1 N–H and O–H groups in total. The molecule has 0 radical (unpaired) electrons. The molecular weight excluding hydrogens is 405 g/mol. The van der Waals surface area contributed by atoms with Crippen molar-refractivity contribution >= 4 is 52.8 Å². The number of halogens is 2. The number of nitrogens with one attached hydrogen (secondary N) is 1. The van der Waals surface area contributed by atoms with Crippen LogP contribution in [0.4, 0.5) is 5.69 Å². The summed E-state index contributed by atoms with van der Waals surface area (Å²) in [5, 5.41) is 3.27. The Morgan fingerprint density at radius 3 is 2.39 bits per heavy atom. The van der Waals surface area contributed by atoms with Gasteiger partial charge in [0.05, 0.1) is 23.4 Å². The van der Waals surface area contributed by atoms with E-state index in [4.69, 9.17) is 27.9 Å². The van der Waals surface area contributed by atoms with Crippen LogP contribution < -0.4 is 5.32 Å². The molecule has 28 heavy (non-hydrogen) atoms. The monoisotopic (exact) mass is 421 g/mol. The van der Waals surface area contributed by atoms with E-state index in [1.807, 2.05) is 0 Å². The van der Waals surface area contributed by atoms with Gasteiger partial charge in [-0.25, -0.2) is 9.59 Å². The third-order valence-corrected chi connectivity index (χ3v) is 4.16. The number of hydrogen-bond acceptors (Lipinski definition) is 5. The normalized spacial score (nSPS) is 11.7. The number of carbonyl (C=O) groups excluding carboxylic acids is 3. The molecule has 1 atom stereocenters. The third-order valence-electron chi connectivity index (χ3n) is 3.59. The van der Waals surface area contributed by atoms with E-state index in [1.165, 1.54) is 32.3 Å². The largest absolute Gasteiger partial charge is 0.465 e. The van der Waals surface area contributed by atoms with Crippen LogP contribution in [0.1, 0.15) is 22.8 Å². The van der Waals surface area contributed by atoms with E-state index in [1.54, 1.807) is 36.4 Å². The summed E-state index contributed by atoms with van der Waals surface area (Å²) in [7, 11) is 1.30. The van der Waals surface area contributed by atoms with E-state index in [0.29, 0.717) is 26.9 Å². The van der Waals surface area contributed by atoms with Gasteiger partial charge in [-0.15, -0.1) is 0 Å². The maximum absolute atomic E-state index is 12.2. The van der Waals surface area contributed by atoms with Gasteiger partial charge in [-0.2, -0.15) is 0 Å². The number of rotatable bonds is 6. The Labute approximate surface area is 172 Å². The fraction of sp³-hybridized carbons (Fsp3) is 0.150. The van der Waals surface area contributed by atoms with Crippen LogP contribution in [-0.2, 0) is 19.1 Å². The van der Waals surface area contributed by atoms with Crippen molar-refractivity contribution < 1.29 is 23.9 Å². The zero-order valence-corrected chi connectivity index (χ0v) is 16.6. The summed E-state index contributed by atoms with van der Waals surface area (Å²) < 4.78 is 9.68.